The van der Waals surface area contributed by atoms with E-state index in [0.717, 1.165) is 54.8 Å². The van der Waals surface area contributed by atoms with Gasteiger partial charge in [0.25, 0.3) is 0 Å². The van der Waals surface area contributed by atoms with E-state index >= 15 is 0 Å². The maximum atomic E-state index is 14.6. The molecule has 7 rings (SSSR count). The lowest BCUT2D eigenvalue weighted by molar-refractivity contribution is -0.211. The molecule has 0 saturated heterocycles. The molecule has 1 fully saturated rings. The molecule has 0 spiro atoms. The topological polar surface area (TPSA) is 26.0 Å². The van der Waals surface area contributed by atoms with Crippen molar-refractivity contribution in [1.29, 1.82) is 0 Å². The molecule has 0 radical (unpaired) electrons. The maximum Gasteiger partial charge on any atom is 0.394 e. The minimum Gasteiger partial charge on any atom is -0.455 e. The molecule has 0 aliphatic heterocycles. The number of aromatic nitrogens is 1. The number of alkyl halides is 3. The lowest BCUT2D eigenvalue weighted by atomic mass is 9.71. The monoisotopic (exact) mass is 652 g/mol. The smallest absolute Gasteiger partial charge is 0.394 e. The van der Waals surface area contributed by atoms with Crippen molar-refractivity contribution in [3.63, 3.8) is 0 Å². The van der Waals surface area contributed by atoms with E-state index in [9.17, 15) is 15.9 Å². The molecule has 2 heterocycles. The van der Waals surface area contributed by atoms with E-state index in [-0.39, 0.29) is 33.8 Å². The molecule has 48 heavy (non-hydrogen) atoms. The average Bonchev–Trinajstić information content (AvgIpc) is 3.51. The van der Waals surface area contributed by atoms with Gasteiger partial charge in [-0.1, -0.05) is 107 Å². The third kappa shape index (κ3) is 5.93. The van der Waals surface area contributed by atoms with E-state index in [4.69, 9.17) is 11.3 Å². The minimum atomic E-state index is -5.00. The van der Waals surface area contributed by atoms with Gasteiger partial charge in [0.1, 0.15) is 11.2 Å². The van der Waals surface area contributed by atoms with Crippen molar-refractivity contribution in [3.8, 4) is 33.5 Å². The third-order valence-electron chi connectivity index (χ3n) is 9.77. The van der Waals surface area contributed by atoms with Gasteiger partial charge in [0.2, 0.25) is 0 Å². The van der Waals surface area contributed by atoms with Crippen LogP contribution in [0, 0.1) is 17.7 Å². The Bertz CT molecular complexity index is 2420. The second-order valence-electron chi connectivity index (χ2n) is 14.1. The Labute approximate surface area is 290 Å². The van der Waals surface area contributed by atoms with Crippen molar-refractivity contribution in [2.24, 2.45) is 10.8 Å². The molecule has 0 atom stereocenters. The van der Waals surface area contributed by atoms with Crippen molar-refractivity contribution >= 4 is 21.9 Å². The van der Waals surface area contributed by atoms with Gasteiger partial charge in [-0.15, -0.1) is 0 Å². The molecule has 1 aliphatic rings. The number of para-hydroxylation sites is 2. The van der Waals surface area contributed by atoms with Crippen LogP contribution in [0.1, 0.15) is 85.6 Å². The van der Waals surface area contributed by atoms with E-state index in [1.54, 1.807) is 12.1 Å². The summed E-state index contributed by atoms with van der Waals surface area (Å²) in [6.07, 6.45) is -4.78. The molecule has 2 aromatic heterocycles. The molecule has 5 heteroatoms. The summed E-state index contributed by atoms with van der Waals surface area (Å²) in [4.78, 5) is 4.54. The average molecular weight is 653 g/mol. The van der Waals surface area contributed by atoms with Crippen LogP contribution in [0.4, 0.5) is 13.2 Å². The highest BCUT2D eigenvalue weighted by molar-refractivity contribution is 6.12. The second kappa shape index (κ2) is 11.9. The fourth-order valence-electron chi connectivity index (χ4n) is 6.62. The van der Waals surface area contributed by atoms with Crippen LogP contribution < -0.4 is 0 Å². The zero-order chi connectivity index (χ0) is 39.9. The molecule has 1 saturated carbocycles. The first-order valence-electron chi connectivity index (χ1n) is 19.8. The Kier molecular flexibility index (Phi) is 6.15. The summed E-state index contributed by atoms with van der Waals surface area (Å²) in [5.41, 5.74) is -0.402. The number of rotatable bonds is 6. The van der Waals surface area contributed by atoms with Crippen LogP contribution in [0.15, 0.2) is 102 Å². The van der Waals surface area contributed by atoms with Gasteiger partial charge >= 0.3 is 6.18 Å². The third-order valence-corrected chi connectivity index (χ3v) is 9.77. The van der Waals surface area contributed by atoms with Crippen LogP contribution >= 0.6 is 0 Å². The number of pyridine rings is 1. The summed E-state index contributed by atoms with van der Waals surface area (Å²) in [5.74, 6) is -1.17. The zero-order valence-electron chi connectivity index (χ0n) is 34.5. The molecule has 0 unspecified atom stereocenters. The zero-order valence-corrected chi connectivity index (χ0v) is 27.5. The van der Waals surface area contributed by atoms with Crippen LogP contribution in [0.25, 0.3) is 55.4 Å². The van der Waals surface area contributed by atoms with Gasteiger partial charge in [-0.05, 0) is 95.7 Å². The number of furan rings is 1. The molecular weight excluding hydrogens is 603 g/mol. The van der Waals surface area contributed by atoms with E-state index in [1.807, 2.05) is 54.6 Å². The molecule has 2 nitrogen and oxygen atoms in total. The molecule has 0 bridgehead atoms. The Hall–Kier alpha value is -4.38. The van der Waals surface area contributed by atoms with Crippen molar-refractivity contribution in [2.75, 3.05) is 0 Å². The van der Waals surface area contributed by atoms with Crippen molar-refractivity contribution in [1.82, 2.24) is 4.98 Å². The van der Waals surface area contributed by atoms with Gasteiger partial charge in [0, 0.05) is 36.3 Å². The fraction of sp³-hybridized carbons (Fsp3) is 0.326. The van der Waals surface area contributed by atoms with Gasteiger partial charge in [0.05, 0.1) is 12.5 Å². The van der Waals surface area contributed by atoms with Crippen LogP contribution in [0.5, 0.6) is 0 Å². The van der Waals surface area contributed by atoms with E-state index in [2.05, 4.69) is 18.8 Å². The SMILES string of the molecule is [2H]c1cc(C2([2H])CCC(C)(C)CC2)cc(C([2H])([2H])[2H])c1-c1cc(-c2cccc3c2oc2c(-c4ccccc4)cccc23)ncc1C([2H])([2H])C(C)(C)C(F)(F)F. The predicted molar refractivity (Wildman–Crippen MR) is 191 cm³/mol. The number of benzene rings is 4. The highest BCUT2D eigenvalue weighted by Crippen LogP contribution is 2.46. The summed E-state index contributed by atoms with van der Waals surface area (Å²) in [7, 11) is 0. The Morgan fingerprint density at radius 1 is 0.875 bits per heavy atom. The molecule has 246 valence electrons. The van der Waals surface area contributed by atoms with E-state index in [1.165, 1.54) is 18.2 Å². The van der Waals surface area contributed by atoms with E-state index < -0.39 is 36.3 Å². The Morgan fingerprint density at radius 2 is 1.54 bits per heavy atom. The standard InChI is InChI=1S/C43H42F3NO/c1-27-23-30(28-19-21-41(2,3)22-20-28)17-18-32(27)37-24-38(47-26-31(37)25-42(4,5)43(44,45)46)36-16-10-15-35-34-14-9-13-33(39(34)48-40(35)36)29-11-7-6-8-12-29/h6-18,23-24,26,28H,19-22,25H2,1-5H3/i1D3,18D,25D2,28D. The Morgan fingerprint density at radius 3 is 2.21 bits per heavy atom. The first kappa shape index (κ1) is 24.7. The fourth-order valence-corrected chi connectivity index (χ4v) is 6.62. The highest BCUT2D eigenvalue weighted by atomic mass is 19.4. The number of hydrogen-bond acceptors (Lipinski definition) is 2. The molecule has 6 aromatic rings. The largest absolute Gasteiger partial charge is 0.455 e. The minimum absolute atomic E-state index is 0.00612. The quantitative estimate of drug-likeness (QED) is 0.179. The van der Waals surface area contributed by atoms with Crippen molar-refractivity contribution < 1.29 is 27.2 Å². The summed E-state index contributed by atoms with van der Waals surface area (Å²) in [6.45, 7) is 2.88. The summed E-state index contributed by atoms with van der Waals surface area (Å²) < 4.78 is 113. The van der Waals surface area contributed by atoms with Gasteiger partial charge in [0.15, 0.2) is 0 Å². The molecule has 0 amide bonds. The first-order chi connectivity index (χ1) is 25.6. The lowest BCUT2D eigenvalue weighted by Crippen LogP contribution is -2.34. The van der Waals surface area contributed by atoms with Crippen molar-refractivity contribution in [3.05, 3.63) is 114 Å². The molecule has 0 N–H and O–H groups in total. The van der Waals surface area contributed by atoms with Gasteiger partial charge in [-0.25, -0.2) is 0 Å². The number of nitrogens with zero attached hydrogens (tertiary/aromatic N) is 1. The predicted octanol–water partition coefficient (Wildman–Crippen LogP) is 13.1. The van der Waals surface area contributed by atoms with E-state index in [0.29, 0.717) is 35.1 Å². The summed E-state index contributed by atoms with van der Waals surface area (Å²) >= 11 is 0. The second-order valence-corrected chi connectivity index (χ2v) is 14.1. The molecule has 4 aromatic carbocycles. The summed E-state index contributed by atoms with van der Waals surface area (Å²) in [5, 5.41) is 1.57. The van der Waals surface area contributed by atoms with Gasteiger partial charge in [-0.2, -0.15) is 13.2 Å². The first-order valence-corrected chi connectivity index (χ1v) is 16.3. The Balaban J connectivity index is 1.50. The number of hydrogen-bond donors (Lipinski definition) is 0. The lowest BCUT2D eigenvalue weighted by Gasteiger charge is -2.34. The molecule has 1 aliphatic carbocycles. The van der Waals surface area contributed by atoms with Gasteiger partial charge in [-0.3, -0.25) is 4.98 Å². The number of fused-ring (bicyclic) bond motifs is 3. The number of halogens is 3. The number of aryl methyl sites for hydroxylation is 1. The van der Waals surface area contributed by atoms with Crippen LogP contribution in [0.2, 0.25) is 0 Å². The normalized spacial score (nSPS) is 19.1. The maximum absolute atomic E-state index is 14.6. The van der Waals surface area contributed by atoms with Crippen LogP contribution in [-0.2, 0) is 6.37 Å². The van der Waals surface area contributed by atoms with Gasteiger partial charge < -0.3 is 4.42 Å². The summed E-state index contributed by atoms with van der Waals surface area (Å²) in [6, 6.07) is 24.8. The highest BCUT2D eigenvalue weighted by Gasteiger charge is 2.47. The van der Waals surface area contributed by atoms with Crippen LogP contribution in [-0.4, -0.2) is 11.2 Å². The van der Waals surface area contributed by atoms with Crippen LogP contribution in [0.3, 0.4) is 0 Å². The molecular formula is C43H42F3NO. The van der Waals surface area contributed by atoms with Crippen molar-refractivity contribution in [2.45, 2.75) is 78.7 Å².